The maximum absolute atomic E-state index is 13.2. The van der Waals surface area contributed by atoms with Gasteiger partial charge in [0, 0.05) is 12.6 Å². The second kappa shape index (κ2) is 8.61. The van der Waals surface area contributed by atoms with Crippen LogP contribution in [0.3, 0.4) is 0 Å². The molecule has 1 aliphatic rings. The summed E-state index contributed by atoms with van der Waals surface area (Å²) < 4.78 is 50.3. The standard InChI is InChI=1S/C20H24N4O6S/c1-27-14-5-4-6-15(28-2)19(14)31(25,26)24-20-18-16(29-3)10-12(11-17(18)30-23-20)9-13-7-8-21-22-13/h4-6,10-11,13,21-22H,7-9H2,1-3H3,(H,23,24). The Bertz CT molecular complexity index is 1170. The number of fused-ring (bicyclic) bond motifs is 1. The number of sulfonamides is 1. The van der Waals surface area contributed by atoms with Crippen LogP contribution >= 0.6 is 0 Å². The van der Waals surface area contributed by atoms with E-state index in [1.807, 2.05) is 12.1 Å². The zero-order chi connectivity index (χ0) is 22.0. The molecule has 3 aromatic rings. The van der Waals surface area contributed by atoms with Crippen molar-refractivity contribution in [1.82, 2.24) is 16.0 Å². The number of anilines is 1. The van der Waals surface area contributed by atoms with Gasteiger partial charge in [-0.2, -0.15) is 0 Å². The number of aromatic nitrogens is 1. The third kappa shape index (κ3) is 4.11. The summed E-state index contributed by atoms with van der Waals surface area (Å²) in [5.41, 5.74) is 7.73. The van der Waals surface area contributed by atoms with E-state index < -0.39 is 10.0 Å². The van der Waals surface area contributed by atoms with Crippen LogP contribution in [0.15, 0.2) is 39.8 Å². The van der Waals surface area contributed by atoms with Crippen molar-refractivity contribution in [2.45, 2.75) is 23.8 Å². The minimum Gasteiger partial charge on any atom is -0.496 e. The molecule has 3 N–H and O–H groups in total. The summed E-state index contributed by atoms with van der Waals surface area (Å²) in [7, 11) is 0.181. The normalized spacial score (nSPS) is 16.4. The van der Waals surface area contributed by atoms with Crippen LogP contribution in [0.5, 0.6) is 17.2 Å². The van der Waals surface area contributed by atoms with Gasteiger partial charge < -0.3 is 18.7 Å². The van der Waals surface area contributed by atoms with Gasteiger partial charge in [-0.05, 0) is 42.7 Å². The van der Waals surface area contributed by atoms with Crippen molar-refractivity contribution in [3.05, 3.63) is 35.9 Å². The van der Waals surface area contributed by atoms with Crippen LogP contribution < -0.4 is 29.8 Å². The lowest BCUT2D eigenvalue weighted by molar-refractivity contribution is 0.373. The Morgan fingerprint density at radius 1 is 1.13 bits per heavy atom. The maximum atomic E-state index is 13.2. The predicted molar refractivity (Wildman–Crippen MR) is 114 cm³/mol. The number of hydrazine groups is 1. The van der Waals surface area contributed by atoms with Gasteiger partial charge >= 0.3 is 0 Å². The Hall–Kier alpha value is -3.02. The van der Waals surface area contributed by atoms with Crippen LogP contribution in [-0.4, -0.2) is 47.5 Å². The molecule has 1 aromatic heterocycles. The Labute approximate surface area is 179 Å². The van der Waals surface area contributed by atoms with Crippen molar-refractivity contribution in [2.24, 2.45) is 0 Å². The molecule has 0 amide bonds. The first-order valence-electron chi connectivity index (χ1n) is 9.65. The molecule has 0 bridgehead atoms. The molecular weight excluding hydrogens is 424 g/mol. The van der Waals surface area contributed by atoms with E-state index in [4.69, 9.17) is 18.7 Å². The molecule has 1 saturated heterocycles. The molecular formula is C20H24N4O6S. The third-order valence-electron chi connectivity index (χ3n) is 5.11. The summed E-state index contributed by atoms with van der Waals surface area (Å²) in [5, 5.41) is 4.38. The summed E-state index contributed by atoms with van der Waals surface area (Å²) >= 11 is 0. The fourth-order valence-electron chi connectivity index (χ4n) is 3.67. The number of nitrogens with one attached hydrogen (secondary N) is 3. The number of hydrogen-bond acceptors (Lipinski definition) is 9. The van der Waals surface area contributed by atoms with Crippen LogP contribution in [0, 0.1) is 0 Å². The van der Waals surface area contributed by atoms with Gasteiger partial charge in [0.25, 0.3) is 10.0 Å². The average molecular weight is 449 g/mol. The van der Waals surface area contributed by atoms with Crippen LogP contribution in [0.25, 0.3) is 11.0 Å². The smallest absolute Gasteiger partial charge is 0.270 e. The minimum atomic E-state index is -4.11. The largest absolute Gasteiger partial charge is 0.496 e. The van der Waals surface area contributed by atoms with Crippen molar-refractivity contribution < 1.29 is 27.2 Å². The Balaban J connectivity index is 1.72. The van der Waals surface area contributed by atoms with Crippen LogP contribution in [0.2, 0.25) is 0 Å². The first-order valence-corrected chi connectivity index (χ1v) is 11.1. The predicted octanol–water partition coefficient (Wildman–Crippen LogP) is 2.06. The Morgan fingerprint density at radius 2 is 1.84 bits per heavy atom. The van der Waals surface area contributed by atoms with E-state index in [1.54, 1.807) is 6.07 Å². The van der Waals surface area contributed by atoms with E-state index in [0.717, 1.165) is 24.9 Å². The van der Waals surface area contributed by atoms with Crippen LogP contribution in [0.4, 0.5) is 5.82 Å². The van der Waals surface area contributed by atoms with E-state index in [-0.39, 0.29) is 22.2 Å². The van der Waals surface area contributed by atoms with Crippen LogP contribution in [0.1, 0.15) is 12.0 Å². The van der Waals surface area contributed by atoms with Crippen molar-refractivity contribution in [1.29, 1.82) is 0 Å². The highest BCUT2D eigenvalue weighted by atomic mass is 32.2. The second-order valence-corrected chi connectivity index (χ2v) is 8.68. The Morgan fingerprint density at radius 3 is 2.45 bits per heavy atom. The molecule has 0 aliphatic carbocycles. The molecule has 1 aliphatic heterocycles. The summed E-state index contributed by atoms with van der Waals surface area (Å²) in [6, 6.07) is 8.71. The van der Waals surface area contributed by atoms with Gasteiger partial charge in [0.05, 0.1) is 21.3 Å². The topological polar surface area (TPSA) is 124 Å². The van der Waals surface area contributed by atoms with E-state index in [2.05, 4.69) is 20.7 Å². The molecule has 11 heteroatoms. The SMILES string of the molecule is COc1cccc(OC)c1S(=O)(=O)Nc1noc2cc(CC3CCNN3)cc(OC)c12. The average Bonchev–Trinajstić information content (AvgIpc) is 3.42. The molecule has 10 nitrogen and oxygen atoms in total. The van der Waals surface area contributed by atoms with E-state index in [0.29, 0.717) is 22.8 Å². The second-order valence-electron chi connectivity index (χ2n) is 7.06. The molecule has 4 rings (SSSR count). The molecule has 2 aromatic carbocycles. The molecule has 1 fully saturated rings. The van der Waals surface area contributed by atoms with E-state index >= 15 is 0 Å². The van der Waals surface area contributed by atoms with E-state index in [9.17, 15) is 8.42 Å². The zero-order valence-electron chi connectivity index (χ0n) is 17.4. The van der Waals surface area contributed by atoms with Gasteiger partial charge in [-0.3, -0.25) is 15.6 Å². The summed E-state index contributed by atoms with van der Waals surface area (Å²) in [6.45, 7) is 0.907. The number of hydrogen-bond donors (Lipinski definition) is 3. The summed E-state index contributed by atoms with van der Waals surface area (Å²) in [5.74, 6) is 0.773. The number of methoxy groups -OCH3 is 3. The molecule has 1 atom stereocenters. The first-order chi connectivity index (χ1) is 15.0. The Kier molecular flexibility index (Phi) is 5.90. The molecule has 0 radical (unpaired) electrons. The quantitative estimate of drug-likeness (QED) is 0.475. The third-order valence-corrected chi connectivity index (χ3v) is 6.51. The van der Waals surface area contributed by atoms with E-state index in [1.165, 1.54) is 33.5 Å². The van der Waals surface area contributed by atoms with Gasteiger partial charge in [-0.15, -0.1) is 0 Å². The molecule has 31 heavy (non-hydrogen) atoms. The zero-order valence-corrected chi connectivity index (χ0v) is 18.2. The van der Waals surface area contributed by atoms with Crippen molar-refractivity contribution >= 4 is 26.8 Å². The minimum absolute atomic E-state index is 0.0204. The lowest BCUT2D eigenvalue weighted by atomic mass is 10.0. The maximum Gasteiger partial charge on any atom is 0.270 e. The lowest BCUT2D eigenvalue weighted by Crippen LogP contribution is -2.31. The van der Waals surface area contributed by atoms with Gasteiger partial charge in [0.15, 0.2) is 16.3 Å². The number of benzene rings is 2. The molecule has 0 saturated carbocycles. The van der Waals surface area contributed by atoms with Crippen molar-refractivity contribution in [3.8, 4) is 17.2 Å². The molecule has 166 valence electrons. The summed E-state index contributed by atoms with van der Waals surface area (Å²) in [6.07, 6.45) is 1.77. The lowest BCUT2D eigenvalue weighted by Gasteiger charge is -2.14. The highest BCUT2D eigenvalue weighted by Crippen LogP contribution is 2.38. The molecule has 2 heterocycles. The fourth-order valence-corrected chi connectivity index (χ4v) is 5.00. The molecule has 0 spiro atoms. The van der Waals surface area contributed by atoms with Crippen molar-refractivity contribution in [2.75, 3.05) is 32.6 Å². The number of nitrogens with zero attached hydrogens (tertiary/aromatic N) is 1. The number of ether oxygens (including phenoxy) is 3. The van der Waals surface area contributed by atoms with Crippen LogP contribution in [-0.2, 0) is 16.4 Å². The first kappa shape index (κ1) is 21.2. The van der Waals surface area contributed by atoms with Gasteiger partial charge in [-0.25, -0.2) is 8.42 Å². The highest BCUT2D eigenvalue weighted by Gasteiger charge is 2.28. The monoisotopic (exact) mass is 448 g/mol. The molecule has 1 unspecified atom stereocenters. The van der Waals surface area contributed by atoms with Crippen molar-refractivity contribution in [3.63, 3.8) is 0 Å². The number of rotatable bonds is 8. The van der Waals surface area contributed by atoms with Gasteiger partial charge in [0.1, 0.15) is 22.6 Å². The van der Waals surface area contributed by atoms with Gasteiger partial charge in [0.2, 0.25) is 0 Å². The highest BCUT2D eigenvalue weighted by molar-refractivity contribution is 7.93. The van der Waals surface area contributed by atoms with Gasteiger partial charge in [-0.1, -0.05) is 11.2 Å². The summed E-state index contributed by atoms with van der Waals surface area (Å²) in [4.78, 5) is -0.133. The fraction of sp³-hybridized carbons (Fsp3) is 0.350.